The number of hydrogen-bond acceptors (Lipinski definition) is 6. The van der Waals surface area contributed by atoms with E-state index < -0.39 is 0 Å². The average molecular weight is 399 g/mol. The molecule has 0 bridgehead atoms. The second-order valence-electron chi connectivity index (χ2n) is 8.02. The van der Waals surface area contributed by atoms with Gasteiger partial charge in [0.1, 0.15) is 0 Å². The van der Waals surface area contributed by atoms with Crippen LogP contribution in [0.15, 0.2) is 18.3 Å². The molecule has 0 N–H and O–H groups in total. The molecule has 28 heavy (non-hydrogen) atoms. The summed E-state index contributed by atoms with van der Waals surface area (Å²) in [5, 5.41) is 0. The molecule has 5 heterocycles. The van der Waals surface area contributed by atoms with E-state index in [1.54, 1.807) is 11.3 Å². The maximum absolute atomic E-state index is 12.9. The Kier molecular flexibility index (Phi) is 4.59. The lowest BCUT2D eigenvalue weighted by molar-refractivity contribution is -0.0758. The van der Waals surface area contributed by atoms with E-state index in [0.717, 1.165) is 81.4 Å². The maximum atomic E-state index is 12.9. The van der Waals surface area contributed by atoms with Gasteiger partial charge >= 0.3 is 0 Å². The highest BCUT2D eigenvalue weighted by Gasteiger charge is 2.43. The van der Waals surface area contributed by atoms with Crippen molar-refractivity contribution < 1.29 is 9.53 Å². The summed E-state index contributed by atoms with van der Waals surface area (Å²) in [6.07, 6.45) is 6.81. The first-order chi connectivity index (χ1) is 13.6. The third-order valence-corrected chi connectivity index (χ3v) is 7.43. The summed E-state index contributed by atoms with van der Waals surface area (Å²) in [5.41, 5.74) is 1.99. The Labute approximate surface area is 169 Å². The Morgan fingerprint density at radius 3 is 2.75 bits per heavy atom. The Hall–Kier alpha value is -1.99. The molecule has 7 heteroatoms. The minimum atomic E-state index is -0.256. The number of hydrogen-bond donors (Lipinski definition) is 0. The third-order valence-electron chi connectivity index (χ3n) is 6.25. The van der Waals surface area contributed by atoms with E-state index in [0.29, 0.717) is 0 Å². The summed E-state index contributed by atoms with van der Waals surface area (Å²) in [6, 6.07) is 4.06. The number of carbonyl (C=O) groups excluding carboxylic acids is 1. The minimum Gasteiger partial charge on any atom is -0.370 e. The van der Waals surface area contributed by atoms with E-state index in [4.69, 9.17) is 4.74 Å². The summed E-state index contributed by atoms with van der Waals surface area (Å²) in [5.74, 6) is 1.01. The van der Waals surface area contributed by atoms with E-state index in [2.05, 4.69) is 20.9 Å². The third kappa shape index (κ3) is 3.10. The molecule has 0 atom stereocenters. The number of piperidine rings is 1. The number of anilines is 1. The standard InChI is InChI=1S/C21H26N4O2S/c1-15-4-8-22-20(23-15)25-11-6-21(7-12-25)16-14-18(28-17(16)5-13-27-21)19(26)24-9-2-3-10-24/h4,8,14H,2-3,5-7,9-13H2,1H3. The molecule has 6 nitrogen and oxygen atoms in total. The van der Waals surface area contributed by atoms with Crippen molar-refractivity contribution in [3.63, 3.8) is 0 Å². The van der Waals surface area contributed by atoms with Crippen LogP contribution in [0.4, 0.5) is 5.95 Å². The van der Waals surface area contributed by atoms with Gasteiger partial charge in [-0.3, -0.25) is 4.79 Å². The molecule has 2 aromatic heterocycles. The van der Waals surface area contributed by atoms with Gasteiger partial charge in [-0.25, -0.2) is 9.97 Å². The predicted molar refractivity (Wildman–Crippen MR) is 109 cm³/mol. The smallest absolute Gasteiger partial charge is 0.263 e. The van der Waals surface area contributed by atoms with Crippen LogP contribution in [-0.4, -0.2) is 53.6 Å². The van der Waals surface area contributed by atoms with Gasteiger partial charge < -0.3 is 14.5 Å². The fourth-order valence-electron chi connectivity index (χ4n) is 4.67. The van der Waals surface area contributed by atoms with Crippen molar-refractivity contribution >= 4 is 23.2 Å². The highest BCUT2D eigenvalue weighted by atomic mass is 32.1. The largest absolute Gasteiger partial charge is 0.370 e. The van der Waals surface area contributed by atoms with Gasteiger partial charge in [0.15, 0.2) is 0 Å². The minimum absolute atomic E-state index is 0.206. The van der Waals surface area contributed by atoms with Crippen molar-refractivity contribution in [3.05, 3.63) is 39.3 Å². The quantitative estimate of drug-likeness (QED) is 0.778. The molecular formula is C21H26N4O2S. The zero-order valence-corrected chi connectivity index (χ0v) is 17.1. The summed E-state index contributed by atoms with van der Waals surface area (Å²) in [7, 11) is 0. The Morgan fingerprint density at radius 1 is 1.21 bits per heavy atom. The topological polar surface area (TPSA) is 58.6 Å². The number of nitrogens with zero attached hydrogens (tertiary/aromatic N) is 4. The molecule has 0 unspecified atom stereocenters. The average Bonchev–Trinajstić information content (AvgIpc) is 3.39. The first kappa shape index (κ1) is 18.1. The molecule has 5 rings (SSSR count). The highest BCUT2D eigenvalue weighted by Crippen LogP contribution is 2.45. The Morgan fingerprint density at radius 2 is 2.00 bits per heavy atom. The van der Waals surface area contributed by atoms with Crippen LogP contribution in [0.1, 0.15) is 51.5 Å². The Balaban J connectivity index is 1.37. The number of aromatic nitrogens is 2. The first-order valence-corrected chi connectivity index (χ1v) is 11.1. The molecule has 0 saturated carbocycles. The number of carbonyl (C=O) groups is 1. The summed E-state index contributed by atoms with van der Waals surface area (Å²) in [6.45, 7) is 6.27. The summed E-state index contributed by atoms with van der Waals surface area (Å²) in [4.78, 5) is 28.4. The number of thiophene rings is 1. The molecule has 2 aromatic rings. The molecule has 2 saturated heterocycles. The molecular weight excluding hydrogens is 372 g/mol. The van der Waals surface area contributed by atoms with Crippen LogP contribution in [-0.2, 0) is 16.8 Å². The van der Waals surface area contributed by atoms with Crippen LogP contribution in [0.5, 0.6) is 0 Å². The van der Waals surface area contributed by atoms with Crippen molar-refractivity contribution in [3.8, 4) is 0 Å². The van der Waals surface area contributed by atoms with Gasteiger partial charge in [-0.1, -0.05) is 0 Å². The van der Waals surface area contributed by atoms with Crippen LogP contribution in [0.3, 0.4) is 0 Å². The van der Waals surface area contributed by atoms with Crippen molar-refractivity contribution in [2.75, 3.05) is 37.7 Å². The molecule has 148 valence electrons. The summed E-state index contributed by atoms with van der Waals surface area (Å²) >= 11 is 1.69. The molecule has 0 radical (unpaired) electrons. The zero-order chi connectivity index (χ0) is 19.1. The number of amides is 1. The molecule has 3 aliphatic heterocycles. The van der Waals surface area contributed by atoms with Crippen LogP contribution in [0.25, 0.3) is 0 Å². The number of rotatable bonds is 2. The van der Waals surface area contributed by atoms with Gasteiger partial charge in [-0.2, -0.15) is 0 Å². The van der Waals surface area contributed by atoms with Crippen LogP contribution >= 0.6 is 11.3 Å². The lowest BCUT2D eigenvalue weighted by Gasteiger charge is -2.44. The highest BCUT2D eigenvalue weighted by molar-refractivity contribution is 7.14. The van der Waals surface area contributed by atoms with Crippen LogP contribution in [0, 0.1) is 6.92 Å². The van der Waals surface area contributed by atoms with E-state index >= 15 is 0 Å². The van der Waals surface area contributed by atoms with E-state index in [-0.39, 0.29) is 11.5 Å². The SMILES string of the molecule is Cc1ccnc(N2CCC3(CC2)OCCc2sc(C(=O)N4CCCC4)cc23)n1. The number of ether oxygens (including phenoxy) is 1. The monoisotopic (exact) mass is 398 g/mol. The maximum Gasteiger partial charge on any atom is 0.263 e. The van der Waals surface area contributed by atoms with Crippen molar-refractivity contribution in [1.82, 2.24) is 14.9 Å². The first-order valence-electron chi connectivity index (χ1n) is 10.3. The second kappa shape index (κ2) is 7.12. The lowest BCUT2D eigenvalue weighted by atomic mass is 9.82. The zero-order valence-electron chi connectivity index (χ0n) is 16.3. The fraction of sp³-hybridized carbons (Fsp3) is 0.571. The van der Waals surface area contributed by atoms with Gasteiger partial charge in [-0.15, -0.1) is 11.3 Å². The van der Waals surface area contributed by atoms with Gasteiger partial charge in [0.05, 0.1) is 17.1 Å². The summed E-state index contributed by atoms with van der Waals surface area (Å²) < 4.78 is 6.37. The number of aryl methyl sites for hydroxylation is 1. The lowest BCUT2D eigenvalue weighted by Crippen LogP contribution is -2.46. The molecule has 2 fully saturated rings. The van der Waals surface area contributed by atoms with E-state index in [1.165, 1.54) is 10.4 Å². The second-order valence-corrected chi connectivity index (χ2v) is 9.16. The van der Waals surface area contributed by atoms with Crippen molar-refractivity contribution in [2.24, 2.45) is 0 Å². The van der Waals surface area contributed by atoms with Gasteiger partial charge in [0, 0.05) is 49.4 Å². The molecule has 3 aliphatic rings. The van der Waals surface area contributed by atoms with Gasteiger partial charge in [0.25, 0.3) is 5.91 Å². The number of fused-ring (bicyclic) bond motifs is 2. The Bertz CT molecular complexity index is 882. The van der Waals surface area contributed by atoms with Crippen molar-refractivity contribution in [2.45, 2.75) is 44.6 Å². The van der Waals surface area contributed by atoms with Gasteiger partial charge in [-0.05, 0) is 50.3 Å². The fourth-order valence-corrected chi connectivity index (χ4v) is 5.87. The van der Waals surface area contributed by atoms with E-state index in [9.17, 15) is 4.79 Å². The predicted octanol–water partition coefficient (Wildman–Crippen LogP) is 3.15. The van der Waals surface area contributed by atoms with Crippen molar-refractivity contribution in [1.29, 1.82) is 0 Å². The molecule has 1 amide bonds. The normalized spacial score (nSPS) is 21.2. The van der Waals surface area contributed by atoms with Crippen LogP contribution in [0.2, 0.25) is 0 Å². The molecule has 0 aliphatic carbocycles. The van der Waals surface area contributed by atoms with E-state index in [1.807, 2.05) is 24.1 Å². The molecule has 0 aromatic carbocycles. The molecule has 1 spiro atoms. The number of likely N-dealkylation sites (tertiary alicyclic amines) is 1. The van der Waals surface area contributed by atoms with Gasteiger partial charge in [0.2, 0.25) is 5.95 Å². The van der Waals surface area contributed by atoms with Crippen LogP contribution < -0.4 is 4.90 Å².